The molecule has 23 heavy (non-hydrogen) atoms. The van der Waals surface area contributed by atoms with Crippen molar-refractivity contribution in [3.05, 3.63) is 29.8 Å². The SMILES string of the molecule is CCNC(=NCc1ccccc1OCC1CC1)NC(C)CC.I. The Kier molecular flexibility index (Phi) is 9.36. The number of hydrogen-bond donors (Lipinski definition) is 2. The Balaban J connectivity index is 0.00000264. The Labute approximate surface area is 157 Å². The van der Waals surface area contributed by atoms with E-state index >= 15 is 0 Å². The second-order valence-electron chi connectivity index (χ2n) is 6.01. The monoisotopic (exact) mass is 431 g/mol. The van der Waals surface area contributed by atoms with E-state index in [0.29, 0.717) is 12.6 Å². The lowest BCUT2D eigenvalue weighted by Crippen LogP contribution is -2.41. The van der Waals surface area contributed by atoms with Gasteiger partial charge in [-0.1, -0.05) is 25.1 Å². The van der Waals surface area contributed by atoms with Crippen molar-refractivity contribution < 1.29 is 4.74 Å². The van der Waals surface area contributed by atoms with E-state index in [0.717, 1.165) is 42.8 Å². The summed E-state index contributed by atoms with van der Waals surface area (Å²) in [6, 6.07) is 8.63. The number of nitrogens with one attached hydrogen (secondary N) is 2. The first-order valence-electron chi connectivity index (χ1n) is 8.48. The topological polar surface area (TPSA) is 45.7 Å². The molecule has 1 fully saturated rings. The van der Waals surface area contributed by atoms with Crippen LogP contribution in [0.5, 0.6) is 5.75 Å². The Morgan fingerprint density at radius 3 is 2.70 bits per heavy atom. The molecule has 1 aromatic rings. The van der Waals surface area contributed by atoms with Gasteiger partial charge in [0.05, 0.1) is 13.2 Å². The second kappa shape index (κ2) is 10.7. The van der Waals surface area contributed by atoms with Gasteiger partial charge in [-0.15, -0.1) is 24.0 Å². The molecule has 0 bridgehead atoms. The van der Waals surface area contributed by atoms with Crippen molar-refractivity contribution in [2.24, 2.45) is 10.9 Å². The minimum absolute atomic E-state index is 0. The lowest BCUT2D eigenvalue weighted by Gasteiger charge is -2.16. The molecule has 0 amide bonds. The fourth-order valence-electron chi connectivity index (χ4n) is 2.09. The van der Waals surface area contributed by atoms with E-state index in [1.807, 2.05) is 18.2 Å². The Bertz CT molecular complexity index is 489. The van der Waals surface area contributed by atoms with Gasteiger partial charge in [-0.05, 0) is 45.1 Å². The third-order valence-electron chi connectivity index (χ3n) is 3.89. The van der Waals surface area contributed by atoms with Crippen molar-refractivity contribution in [1.82, 2.24) is 10.6 Å². The predicted molar refractivity (Wildman–Crippen MR) is 108 cm³/mol. The van der Waals surface area contributed by atoms with Gasteiger partial charge in [-0.3, -0.25) is 0 Å². The van der Waals surface area contributed by atoms with E-state index in [9.17, 15) is 0 Å². The normalized spacial score (nSPS) is 15.5. The van der Waals surface area contributed by atoms with Gasteiger partial charge in [-0.25, -0.2) is 4.99 Å². The first kappa shape index (κ1) is 20.1. The highest BCUT2D eigenvalue weighted by Gasteiger charge is 2.22. The van der Waals surface area contributed by atoms with Crippen LogP contribution >= 0.6 is 24.0 Å². The van der Waals surface area contributed by atoms with E-state index < -0.39 is 0 Å². The van der Waals surface area contributed by atoms with Crippen LogP contribution in [0.2, 0.25) is 0 Å². The lowest BCUT2D eigenvalue weighted by atomic mass is 10.2. The van der Waals surface area contributed by atoms with Crippen LogP contribution in [0.15, 0.2) is 29.3 Å². The second-order valence-corrected chi connectivity index (χ2v) is 6.01. The molecule has 4 nitrogen and oxygen atoms in total. The summed E-state index contributed by atoms with van der Waals surface area (Å²) in [6.45, 7) is 8.75. The Hall–Kier alpha value is -0.980. The number of guanidine groups is 1. The predicted octanol–water partition coefficient (Wildman–Crippen LogP) is 3.95. The van der Waals surface area contributed by atoms with Crippen molar-refractivity contribution >= 4 is 29.9 Å². The van der Waals surface area contributed by atoms with E-state index in [1.54, 1.807) is 0 Å². The molecule has 0 radical (unpaired) electrons. The average Bonchev–Trinajstić information content (AvgIpc) is 3.35. The number of aliphatic imine (C=N–C) groups is 1. The zero-order chi connectivity index (χ0) is 15.8. The third kappa shape index (κ3) is 7.42. The number of rotatable bonds is 8. The Morgan fingerprint density at radius 1 is 1.30 bits per heavy atom. The molecule has 1 aliphatic rings. The van der Waals surface area contributed by atoms with Crippen LogP contribution in [0.3, 0.4) is 0 Å². The van der Waals surface area contributed by atoms with Gasteiger partial charge >= 0.3 is 0 Å². The molecule has 0 aliphatic heterocycles. The maximum atomic E-state index is 5.95. The average molecular weight is 431 g/mol. The van der Waals surface area contributed by atoms with Crippen LogP contribution < -0.4 is 15.4 Å². The van der Waals surface area contributed by atoms with Gasteiger partial charge in [0, 0.05) is 18.2 Å². The standard InChI is InChI=1S/C18H29N3O.HI/c1-4-14(3)21-18(19-5-2)20-12-16-8-6-7-9-17(16)22-13-15-10-11-15;/h6-9,14-15H,4-5,10-13H2,1-3H3,(H2,19,20,21);1H. The number of para-hydroxylation sites is 1. The summed E-state index contributed by atoms with van der Waals surface area (Å²) >= 11 is 0. The van der Waals surface area contributed by atoms with E-state index in [1.165, 1.54) is 12.8 Å². The van der Waals surface area contributed by atoms with Crippen LogP contribution in [0.1, 0.15) is 45.6 Å². The van der Waals surface area contributed by atoms with Gasteiger partial charge in [-0.2, -0.15) is 0 Å². The summed E-state index contributed by atoms with van der Waals surface area (Å²) in [5.41, 5.74) is 1.14. The first-order valence-corrected chi connectivity index (χ1v) is 8.48. The highest BCUT2D eigenvalue weighted by atomic mass is 127. The number of ether oxygens (including phenoxy) is 1. The summed E-state index contributed by atoms with van der Waals surface area (Å²) in [5.74, 6) is 2.60. The number of hydrogen-bond acceptors (Lipinski definition) is 2. The molecule has 1 saturated carbocycles. The highest BCUT2D eigenvalue weighted by molar-refractivity contribution is 14.0. The van der Waals surface area contributed by atoms with Crippen LogP contribution in [0.4, 0.5) is 0 Å². The zero-order valence-corrected chi connectivity index (χ0v) is 16.8. The largest absolute Gasteiger partial charge is 0.493 e. The zero-order valence-electron chi connectivity index (χ0n) is 14.5. The molecule has 1 aromatic carbocycles. The fraction of sp³-hybridized carbons (Fsp3) is 0.611. The number of benzene rings is 1. The quantitative estimate of drug-likeness (QED) is 0.372. The van der Waals surface area contributed by atoms with Crippen molar-refractivity contribution in [2.75, 3.05) is 13.2 Å². The lowest BCUT2D eigenvalue weighted by molar-refractivity contribution is 0.297. The molecule has 0 heterocycles. The first-order chi connectivity index (χ1) is 10.7. The summed E-state index contributed by atoms with van der Waals surface area (Å²) in [4.78, 5) is 4.69. The smallest absolute Gasteiger partial charge is 0.191 e. The molecule has 1 unspecified atom stereocenters. The highest BCUT2D eigenvalue weighted by Crippen LogP contribution is 2.30. The number of halogens is 1. The van der Waals surface area contributed by atoms with Crippen LogP contribution in [0, 0.1) is 5.92 Å². The maximum Gasteiger partial charge on any atom is 0.191 e. The molecule has 0 aromatic heterocycles. The Morgan fingerprint density at radius 2 is 2.04 bits per heavy atom. The summed E-state index contributed by atoms with van der Waals surface area (Å²) in [5, 5.41) is 6.71. The van der Waals surface area contributed by atoms with E-state index in [2.05, 4.69) is 42.5 Å². The molecule has 0 saturated heterocycles. The van der Waals surface area contributed by atoms with Crippen LogP contribution in [0.25, 0.3) is 0 Å². The minimum atomic E-state index is 0. The summed E-state index contributed by atoms with van der Waals surface area (Å²) in [6.07, 6.45) is 3.69. The minimum Gasteiger partial charge on any atom is -0.493 e. The van der Waals surface area contributed by atoms with Crippen LogP contribution in [-0.4, -0.2) is 25.2 Å². The molecular formula is C18H30IN3O. The molecule has 1 aliphatic carbocycles. The van der Waals surface area contributed by atoms with Gasteiger partial charge in [0.25, 0.3) is 0 Å². The fourth-order valence-corrected chi connectivity index (χ4v) is 2.09. The van der Waals surface area contributed by atoms with Gasteiger partial charge < -0.3 is 15.4 Å². The van der Waals surface area contributed by atoms with Crippen molar-refractivity contribution in [2.45, 2.75) is 52.6 Å². The molecule has 2 rings (SSSR count). The van der Waals surface area contributed by atoms with Crippen LogP contribution in [-0.2, 0) is 6.54 Å². The van der Waals surface area contributed by atoms with Gasteiger partial charge in [0.2, 0.25) is 0 Å². The van der Waals surface area contributed by atoms with Gasteiger partial charge in [0.1, 0.15) is 5.75 Å². The summed E-state index contributed by atoms with van der Waals surface area (Å²) < 4.78 is 5.95. The molecular weight excluding hydrogens is 401 g/mol. The maximum absolute atomic E-state index is 5.95. The summed E-state index contributed by atoms with van der Waals surface area (Å²) in [7, 11) is 0. The molecule has 0 spiro atoms. The molecule has 5 heteroatoms. The van der Waals surface area contributed by atoms with Crippen molar-refractivity contribution in [3.63, 3.8) is 0 Å². The van der Waals surface area contributed by atoms with E-state index in [4.69, 9.17) is 4.74 Å². The van der Waals surface area contributed by atoms with Gasteiger partial charge in [0.15, 0.2) is 5.96 Å². The number of nitrogens with zero attached hydrogens (tertiary/aromatic N) is 1. The van der Waals surface area contributed by atoms with Crippen molar-refractivity contribution in [3.8, 4) is 5.75 Å². The van der Waals surface area contributed by atoms with E-state index in [-0.39, 0.29) is 24.0 Å². The molecule has 130 valence electrons. The third-order valence-corrected chi connectivity index (χ3v) is 3.89. The van der Waals surface area contributed by atoms with Crippen molar-refractivity contribution in [1.29, 1.82) is 0 Å². The molecule has 1 atom stereocenters. The molecule has 2 N–H and O–H groups in total.